The molecule has 0 aromatic heterocycles. The molecule has 0 radical (unpaired) electrons. The maximum atomic E-state index is 11.6. The highest BCUT2D eigenvalue weighted by molar-refractivity contribution is 9.10. The van der Waals surface area contributed by atoms with Crippen LogP contribution in [0, 0.1) is 5.92 Å². The Bertz CT molecular complexity index is 498. The first-order chi connectivity index (χ1) is 10.1. The van der Waals surface area contributed by atoms with Gasteiger partial charge in [-0.1, -0.05) is 11.6 Å². The van der Waals surface area contributed by atoms with E-state index in [1.807, 2.05) is 12.1 Å². The summed E-state index contributed by atoms with van der Waals surface area (Å²) < 4.78 is 11.4. The zero-order chi connectivity index (χ0) is 15.2. The van der Waals surface area contributed by atoms with Gasteiger partial charge in [-0.15, -0.1) is 0 Å². The number of esters is 1. The number of carbonyl (C=O) groups excluding carboxylic acids is 1. The molecule has 116 valence electrons. The molecule has 1 aliphatic rings. The molecular weight excluding hydrogens is 358 g/mol. The van der Waals surface area contributed by atoms with Crippen LogP contribution in [0.3, 0.4) is 0 Å². The fraction of sp³-hybridized carbons (Fsp3) is 0.533. The van der Waals surface area contributed by atoms with Crippen molar-refractivity contribution >= 4 is 33.5 Å². The van der Waals surface area contributed by atoms with Gasteiger partial charge in [-0.05, 0) is 53.5 Å². The number of hydrogen-bond acceptors (Lipinski definition) is 4. The van der Waals surface area contributed by atoms with Crippen LogP contribution in [-0.4, -0.2) is 44.2 Å². The number of nitrogens with zero attached hydrogens (tertiary/aromatic N) is 1. The van der Waals surface area contributed by atoms with E-state index in [0.717, 1.165) is 42.7 Å². The normalized spacial score (nSPS) is 19.3. The fourth-order valence-corrected chi connectivity index (χ4v) is 3.29. The Kier molecular flexibility index (Phi) is 6.33. The van der Waals surface area contributed by atoms with E-state index >= 15 is 0 Å². The second-order valence-electron chi connectivity index (χ2n) is 5.09. The third-order valence-electron chi connectivity index (χ3n) is 3.60. The van der Waals surface area contributed by atoms with Crippen LogP contribution < -0.4 is 4.74 Å². The van der Waals surface area contributed by atoms with Gasteiger partial charge in [0.15, 0.2) is 0 Å². The minimum Gasteiger partial charge on any atom is -0.491 e. The van der Waals surface area contributed by atoms with Gasteiger partial charge in [0.05, 0.1) is 17.5 Å². The lowest BCUT2D eigenvalue weighted by Gasteiger charge is -2.31. The van der Waals surface area contributed by atoms with Gasteiger partial charge < -0.3 is 9.47 Å². The summed E-state index contributed by atoms with van der Waals surface area (Å²) in [5.41, 5.74) is 0. The Morgan fingerprint density at radius 1 is 1.52 bits per heavy atom. The minimum atomic E-state index is -0.110. The third-order valence-corrected chi connectivity index (χ3v) is 4.45. The third kappa shape index (κ3) is 4.87. The minimum absolute atomic E-state index is 0.00832. The van der Waals surface area contributed by atoms with Gasteiger partial charge >= 0.3 is 5.97 Å². The Morgan fingerprint density at radius 2 is 2.33 bits per heavy atom. The van der Waals surface area contributed by atoms with Crippen LogP contribution in [0.15, 0.2) is 22.7 Å². The highest BCUT2D eigenvalue weighted by Crippen LogP contribution is 2.28. The molecule has 1 heterocycles. The van der Waals surface area contributed by atoms with Crippen molar-refractivity contribution in [3.63, 3.8) is 0 Å². The summed E-state index contributed by atoms with van der Waals surface area (Å²) in [6.45, 7) is 3.12. The van der Waals surface area contributed by atoms with Crippen LogP contribution in [0.5, 0.6) is 5.75 Å². The van der Waals surface area contributed by atoms with Crippen molar-refractivity contribution in [2.24, 2.45) is 5.92 Å². The number of carbonyl (C=O) groups is 1. The molecule has 1 aromatic carbocycles. The van der Waals surface area contributed by atoms with E-state index in [1.165, 1.54) is 7.11 Å². The molecule has 2 rings (SSSR count). The standard InChI is InChI=1S/C15H19BrClNO3/c1-20-15(19)11-3-2-6-18(10-11)7-8-21-14-5-4-12(17)9-13(14)16/h4-5,9,11H,2-3,6-8,10H2,1H3. The number of rotatable bonds is 5. The van der Waals surface area contributed by atoms with Crippen molar-refractivity contribution in [1.82, 2.24) is 4.90 Å². The van der Waals surface area contributed by atoms with Gasteiger partial charge in [0.2, 0.25) is 0 Å². The molecule has 0 aliphatic carbocycles. The number of halogens is 2. The second-order valence-corrected chi connectivity index (χ2v) is 6.38. The van der Waals surface area contributed by atoms with Crippen LogP contribution in [-0.2, 0) is 9.53 Å². The lowest BCUT2D eigenvalue weighted by molar-refractivity contribution is -0.147. The molecule has 0 N–H and O–H groups in total. The van der Waals surface area contributed by atoms with Crippen LogP contribution >= 0.6 is 27.5 Å². The monoisotopic (exact) mass is 375 g/mol. The predicted molar refractivity (Wildman–Crippen MR) is 85.8 cm³/mol. The molecule has 0 amide bonds. The lowest BCUT2D eigenvalue weighted by Crippen LogP contribution is -2.41. The molecule has 1 fully saturated rings. The number of hydrogen-bond donors (Lipinski definition) is 0. The maximum absolute atomic E-state index is 11.6. The summed E-state index contributed by atoms with van der Waals surface area (Å²) in [6.07, 6.45) is 1.93. The maximum Gasteiger partial charge on any atom is 0.309 e. The van der Waals surface area contributed by atoms with Gasteiger partial charge in [-0.2, -0.15) is 0 Å². The van der Waals surface area contributed by atoms with Crippen molar-refractivity contribution < 1.29 is 14.3 Å². The van der Waals surface area contributed by atoms with E-state index in [-0.39, 0.29) is 11.9 Å². The Hall–Kier alpha value is -0.780. The molecule has 1 unspecified atom stereocenters. The molecular formula is C15H19BrClNO3. The molecule has 1 aliphatic heterocycles. The predicted octanol–water partition coefficient (Wildman–Crippen LogP) is 3.37. The van der Waals surface area contributed by atoms with Gasteiger partial charge in [-0.25, -0.2) is 0 Å². The second kappa shape index (κ2) is 8.01. The fourth-order valence-electron chi connectivity index (χ4n) is 2.49. The van der Waals surface area contributed by atoms with Gasteiger partial charge in [0.1, 0.15) is 12.4 Å². The molecule has 0 spiro atoms. The molecule has 0 saturated carbocycles. The molecule has 1 saturated heterocycles. The first kappa shape index (κ1) is 16.6. The molecule has 4 nitrogen and oxygen atoms in total. The first-order valence-electron chi connectivity index (χ1n) is 6.98. The largest absolute Gasteiger partial charge is 0.491 e. The van der Waals surface area contributed by atoms with Crippen molar-refractivity contribution in [3.05, 3.63) is 27.7 Å². The summed E-state index contributed by atoms with van der Waals surface area (Å²) >= 11 is 9.32. The highest BCUT2D eigenvalue weighted by Gasteiger charge is 2.26. The van der Waals surface area contributed by atoms with Crippen molar-refractivity contribution in [2.75, 3.05) is 33.4 Å². The Morgan fingerprint density at radius 3 is 3.05 bits per heavy atom. The molecule has 1 aromatic rings. The van der Waals surface area contributed by atoms with E-state index in [9.17, 15) is 4.79 Å². The zero-order valence-electron chi connectivity index (χ0n) is 12.0. The summed E-state index contributed by atoms with van der Waals surface area (Å²) in [5, 5.41) is 0.672. The van der Waals surface area contributed by atoms with Crippen LogP contribution in [0.2, 0.25) is 5.02 Å². The molecule has 6 heteroatoms. The van der Waals surface area contributed by atoms with Crippen molar-refractivity contribution in [2.45, 2.75) is 12.8 Å². The average molecular weight is 377 g/mol. The number of ether oxygens (including phenoxy) is 2. The van der Waals surface area contributed by atoms with Crippen LogP contribution in [0.4, 0.5) is 0 Å². The van der Waals surface area contributed by atoms with E-state index in [0.29, 0.717) is 11.6 Å². The summed E-state index contributed by atoms with van der Waals surface area (Å²) in [4.78, 5) is 13.8. The summed E-state index contributed by atoms with van der Waals surface area (Å²) in [6, 6.07) is 5.46. The molecule has 21 heavy (non-hydrogen) atoms. The van der Waals surface area contributed by atoms with Gasteiger partial charge in [-0.3, -0.25) is 9.69 Å². The summed E-state index contributed by atoms with van der Waals surface area (Å²) in [5.74, 6) is 0.660. The highest BCUT2D eigenvalue weighted by atomic mass is 79.9. The zero-order valence-corrected chi connectivity index (χ0v) is 14.3. The van der Waals surface area contributed by atoms with Crippen LogP contribution in [0.25, 0.3) is 0 Å². The van der Waals surface area contributed by atoms with Gasteiger partial charge in [0, 0.05) is 18.1 Å². The van der Waals surface area contributed by atoms with E-state index in [1.54, 1.807) is 6.07 Å². The average Bonchev–Trinajstić information content (AvgIpc) is 2.49. The molecule has 0 bridgehead atoms. The van der Waals surface area contributed by atoms with Gasteiger partial charge in [0.25, 0.3) is 0 Å². The number of piperidine rings is 1. The quantitative estimate of drug-likeness (QED) is 0.739. The lowest BCUT2D eigenvalue weighted by atomic mass is 9.98. The van der Waals surface area contributed by atoms with Crippen LogP contribution in [0.1, 0.15) is 12.8 Å². The number of likely N-dealkylation sites (tertiary alicyclic amines) is 1. The smallest absolute Gasteiger partial charge is 0.309 e. The van der Waals surface area contributed by atoms with Crippen molar-refractivity contribution in [3.8, 4) is 5.75 Å². The molecule has 1 atom stereocenters. The number of methoxy groups -OCH3 is 1. The number of benzene rings is 1. The topological polar surface area (TPSA) is 38.8 Å². The SMILES string of the molecule is COC(=O)C1CCCN(CCOc2ccc(Cl)cc2Br)C1. The van der Waals surface area contributed by atoms with Crippen molar-refractivity contribution in [1.29, 1.82) is 0 Å². The van der Waals surface area contributed by atoms with E-state index in [2.05, 4.69) is 20.8 Å². The van der Waals surface area contributed by atoms with E-state index < -0.39 is 0 Å². The van der Waals surface area contributed by atoms with E-state index in [4.69, 9.17) is 21.1 Å². The Balaban J connectivity index is 1.79. The first-order valence-corrected chi connectivity index (χ1v) is 8.15. The Labute approximate surface area is 138 Å². The summed E-state index contributed by atoms with van der Waals surface area (Å²) in [7, 11) is 1.45.